The van der Waals surface area contributed by atoms with Gasteiger partial charge in [-0.3, -0.25) is 9.59 Å². The summed E-state index contributed by atoms with van der Waals surface area (Å²) < 4.78 is 0. The average molecular weight is 265 g/mol. The summed E-state index contributed by atoms with van der Waals surface area (Å²) in [5.74, 6) is -0.919. The number of hydrogen-bond acceptors (Lipinski definition) is 4. The summed E-state index contributed by atoms with van der Waals surface area (Å²) in [6, 6.07) is 3.95. The minimum atomic E-state index is -0.439. The van der Waals surface area contributed by atoms with Crippen molar-refractivity contribution in [2.75, 3.05) is 0 Å². The van der Waals surface area contributed by atoms with Crippen LogP contribution < -0.4 is 0 Å². The van der Waals surface area contributed by atoms with Crippen molar-refractivity contribution < 1.29 is 19.8 Å². The molecule has 1 aromatic carbocycles. The van der Waals surface area contributed by atoms with Gasteiger partial charge in [0.25, 0.3) is 0 Å². The van der Waals surface area contributed by atoms with Crippen molar-refractivity contribution in [2.45, 2.75) is 6.42 Å². The van der Waals surface area contributed by atoms with Crippen LogP contribution in [0.4, 0.5) is 0 Å². The molecule has 0 aromatic heterocycles. The second kappa shape index (κ2) is 4.66. The number of halogens is 1. The first-order valence-electron chi connectivity index (χ1n) is 5.15. The molecule has 0 atom stereocenters. The number of carbonyl (C=O) groups is 2. The van der Waals surface area contributed by atoms with Gasteiger partial charge >= 0.3 is 0 Å². The predicted octanol–water partition coefficient (Wildman–Crippen LogP) is 1.84. The molecule has 18 heavy (non-hydrogen) atoms. The summed E-state index contributed by atoms with van der Waals surface area (Å²) in [6.07, 6.45) is 2.24. The number of benzene rings is 1. The fourth-order valence-electron chi connectivity index (χ4n) is 1.65. The molecule has 0 unspecified atom stereocenters. The monoisotopic (exact) mass is 264 g/mol. The van der Waals surface area contributed by atoms with E-state index < -0.39 is 5.78 Å². The van der Waals surface area contributed by atoms with Gasteiger partial charge in [0, 0.05) is 17.6 Å². The molecule has 0 bridgehead atoms. The topological polar surface area (TPSA) is 74.6 Å². The second-order valence-corrected chi connectivity index (χ2v) is 4.22. The summed E-state index contributed by atoms with van der Waals surface area (Å²) in [4.78, 5) is 23.0. The third-order valence-electron chi connectivity index (χ3n) is 2.60. The lowest BCUT2D eigenvalue weighted by molar-refractivity contribution is -0.114. The maximum absolute atomic E-state index is 11.6. The second-order valence-electron chi connectivity index (χ2n) is 3.84. The highest BCUT2D eigenvalue weighted by Gasteiger charge is 2.22. The van der Waals surface area contributed by atoms with Crippen LogP contribution in [0.5, 0.6) is 11.5 Å². The molecule has 0 spiro atoms. The zero-order valence-electron chi connectivity index (χ0n) is 9.18. The van der Waals surface area contributed by atoms with Crippen molar-refractivity contribution in [3.63, 3.8) is 0 Å². The molecule has 2 rings (SSSR count). The van der Waals surface area contributed by atoms with E-state index in [0.29, 0.717) is 5.56 Å². The standard InChI is InChI=1S/C13H9ClO4/c14-13-9(11(17)3-4-12(13)18)6-7-5-8(15)1-2-10(7)16/h1-5,15-16H,6H2. The molecule has 4 nitrogen and oxygen atoms in total. The molecule has 1 aliphatic rings. The van der Waals surface area contributed by atoms with E-state index >= 15 is 0 Å². The minimum absolute atomic E-state index is 0.00597. The first-order chi connectivity index (χ1) is 8.49. The van der Waals surface area contributed by atoms with Gasteiger partial charge in [0.15, 0.2) is 11.6 Å². The van der Waals surface area contributed by atoms with Crippen LogP contribution in [0.2, 0.25) is 0 Å². The van der Waals surface area contributed by atoms with Gasteiger partial charge in [-0.05, 0) is 30.4 Å². The van der Waals surface area contributed by atoms with Crippen LogP contribution in [0, 0.1) is 0 Å². The number of ketones is 2. The van der Waals surface area contributed by atoms with Gasteiger partial charge in [0.2, 0.25) is 0 Å². The summed E-state index contributed by atoms with van der Waals surface area (Å²) >= 11 is 5.78. The summed E-state index contributed by atoms with van der Waals surface area (Å²) in [5.41, 5.74) is 0.449. The highest BCUT2D eigenvalue weighted by Crippen LogP contribution is 2.28. The lowest BCUT2D eigenvalue weighted by Gasteiger charge is -2.11. The zero-order valence-corrected chi connectivity index (χ0v) is 9.94. The van der Waals surface area contributed by atoms with Gasteiger partial charge in [-0.2, -0.15) is 0 Å². The molecule has 0 saturated heterocycles. The maximum Gasteiger partial charge on any atom is 0.197 e. The Morgan fingerprint density at radius 3 is 2.44 bits per heavy atom. The van der Waals surface area contributed by atoms with Crippen LogP contribution in [-0.2, 0) is 16.0 Å². The molecule has 0 aliphatic heterocycles. The Bertz CT molecular complexity index is 599. The smallest absolute Gasteiger partial charge is 0.197 e. The number of phenols is 2. The van der Waals surface area contributed by atoms with Crippen molar-refractivity contribution in [3.05, 3.63) is 46.5 Å². The van der Waals surface area contributed by atoms with E-state index in [0.717, 1.165) is 12.2 Å². The Morgan fingerprint density at radius 1 is 1.06 bits per heavy atom. The molecule has 2 N–H and O–H groups in total. The molecule has 0 amide bonds. The van der Waals surface area contributed by atoms with Crippen LogP contribution in [0.1, 0.15) is 5.56 Å². The van der Waals surface area contributed by atoms with Gasteiger partial charge in [-0.15, -0.1) is 0 Å². The van der Waals surface area contributed by atoms with Crippen molar-refractivity contribution in [1.29, 1.82) is 0 Å². The van der Waals surface area contributed by atoms with Crippen LogP contribution >= 0.6 is 11.6 Å². The molecule has 0 heterocycles. The summed E-state index contributed by atoms with van der Waals surface area (Å²) in [6.45, 7) is 0. The van der Waals surface area contributed by atoms with Crippen LogP contribution in [-0.4, -0.2) is 21.8 Å². The molecular formula is C13H9ClO4. The predicted molar refractivity (Wildman–Crippen MR) is 65.5 cm³/mol. The van der Waals surface area contributed by atoms with E-state index in [-0.39, 0.29) is 34.3 Å². The van der Waals surface area contributed by atoms with Crippen molar-refractivity contribution >= 4 is 23.2 Å². The number of hydrogen-bond donors (Lipinski definition) is 2. The average Bonchev–Trinajstić information content (AvgIpc) is 2.34. The number of carbonyl (C=O) groups excluding carboxylic acids is 2. The zero-order chi connectivity index (χ0) is 13.3. The van der Waals surface area contributed by atoms with E-state index in [1.54, 1.807) is 0 Å². The van der Waals surface area contributed by atoms with Crippen molar-refractivity contribution in [3.8, 4) is 11.5 Å². The molecule has 92 valence electrons. The fraction of sp³-hybridized carbons (Fsp3) is 0.0769. The summed E-state index contributed by atoms with van der Waals surface area (Å²) in [5, 5.41) is 18.8. The molecule has 1 aromatic rings. The normalized spacial score (nSPS) is 15.4. The van der Waals surface area contributed by atoms with E-state index in [1.807, 2.05) is 0 Å². The number of aromatic hydroxyl groups is 2. The Balaban J connectivity index is 2.39. The van der Waals surface area contributed by atoms with Gasteiger partial charge in [0.05, 0.1) is 5.03 Å². The van der Waals surface area contributed by atoms with Crippen LogP contribution in [0.25, 0.3) is 0 Å². The largest absolute Gasteiger partial charge is 0.508 e. The first kappa shape index (κ1) is 12.4. The number of phenolic OH excluding ortho intramolecular Hbond substituents is 2. The highest BCUT2D eigenvalue weighted by atomic mass is 35.5. The lowest BCUT2D eigenvalue weighted by atomic mass is 9.96. The quantitative estimate of drug-likeness (QED) is 0.631. The van der Waals surface area contributed by atoms with Crippen molar-refractivity contribution in [1.82, 2.24) is 0 Å². The van der Waals surface area contributed by atoms with E-state index in [9.17, 15) is 19.8 Å². The van der Waals surface area contributed by atoms with Gasteiger partial charge < -0.3 is 10.2 Å². The molecule has 0 radical (unpaired) electrons. The summed E-state index contributed by atoms with van der Waals surface area (Å²) in [7, 11) is 0. The Labute approximate surface area is 108 Å². The molecule has 5 heteroatoms. The molecular weight excluding hydrogens is 256 g/mol. The molecule has 1 aliphatic carbocycles. The SMILES string of the molecule is O=C1C=CC(=O)C(Cc2cc(O)ccc2O)=C1Cl. The lowest BCUT2D eigenvalue weighted by Crippen LogP contribution is -2.13. The Kier molecular flexibility index (Phi) is 3.21. The Hall–Kier alpha value is -2.07. The maximum atomic E-state index is 11.6. The fourth-order valence-corrected chi connectivity index (χ4v) is 1.87. The van der Waals surface area contributed by atoms with E-state index in [4.69, 9.17) is 11.6 Å². The third kappa shape index (κ3) is 2.28. The molecule has 0 fully saturated rings. The van der Waals surface area contributed by atoms with Gasteiger partial charge in [-0.1, -0.05) is 11.6 Å². The highest BCUT2D eigenvalue weighted by molar-refractivity contribution is 6.48. The minimum Gasteiger partial charge on any atom is -0.508 e. The van der Waals surface area contributed by atoms with Crippen LogP contribution in [0.3, 0.4) is 0 Å². The van der Waals surface area contributed by atoms with Gasteiger partial charge in [-0.25, -0.2) is 0 Å². The van der Waals surface area contributed by atoms with Gasteiger partial charge in [0.1, 0.15) is 11.5 Å². The molecule has 0 saturated carbocycles. The number of rotatable bonds is 2. The first-order valence-corrected chi connectivity index (χ1v) is 5.53. The van der Waals surface area contributed by atoms with Crippen LogP contribution in [0.15, 0.2) is 41.0 Å². The number of allylic oxidation sites excluding steroid dienone is 4. The third-order valence-corrected chi connectivity index (χ3v) is 3.01. The van der Waals surface area contributed by atoms with E-state index in [2.05, 4.69) is 0 Å². The Morgan fingerprint density at radius 2 is 1.72 bits per heavy atom. The van der Waals surface area contributed by atoms with E-state index in [1.165, 1.54) is 18.2 Å². The van der Waals surface area contributed by atoms with Crippen molar-refractivity contribution in [2.24, 2.45) is 0 Å².